The Bertz CT molecular complexity index is 494. The van der Waals surface area contributed by atoms with Gasteiger partial charge in [0.15, 0.2) is 0 Å². The number of hydrogen-bond donors (Lipinski definition) is 1. The highest BCUT2D eigenvalue weighted by atomic mass is 35.5. The number of rotatable bonds is 4. The normalized spacial score (nSPS) is 11.5. The van der Waals surface area contributed by atoms with Crippen LogP contribution in [0.3, 0.4) is 0 Å². The summed E-state index contributed by atoms with van der Waals surface area (Å²) in [4.78, 5) is 11.8. The lowest BCUT2D eigenvalue weighted by Crippen LogP contribution is -2.21. The Morgan fingerprint density at radius 1 is 1.61 bits per heavy atom. The summed E-state index contributed by atoms with van der Waals surface area (Å²) in [6, 6.07) is 5.32. The summed E-state index contributed by atoms with van der Waals surface area (Å²) in [7, 11) is 1.53. The van der Waals surface area contributed by atoms with E-state index in [0.717, 1.165) is 5.56 Å². The molecule has 0 aliphatic rings. The zero-order valence-electron chi connectivity index (χ0n) is 10.6. The number of nitrogens with zero attached hydrogens (tertiary/aromatic N) is 1. The fourth-order valence-corrected chi connectivity index (χ4v) is 1.74. The van der Waals surface area contributed by atoms with Crippen LogP contribution in [0.15, 0.2) is 12.1 Å². The molecule has 0 saturated heterocycles. The molecule has 96 valence electrons. The molecule has 1 N–H and O–H groups in total. The lowest BCUT2D eigenvalue weighted by atomic mass is 10.1. The Kier molecular flexibility index (Phi) is 4.99. The van der Waals surface area contributed by atoms with Crippen molar-refractivity contribution < 1.29 is 9.53 Å². The maximum atomic E-state index is 11.8. The quantitative estimate of drug-likeness (QED) is 0.911. The third-order valence-electron chi connectivity index (χ3n) is 2.64. The number of nitrogens with one attached hydrogen (secondary N) is 1. The maximum Gasteiger partial charge on any atom is 0.241 e. The minimum Gasteiger partial charge on any atom is -0.495 e. The average Bonchev–Trinajstić information content (AvgIpc) is 2.34. The van der Waals surface area contributed by atoms with E-state index >= 15 is 0 Å². The van der Waals surface area contributed by atoms with Gasteiger partial charge in [0.05, 0.1) is 18.2 Å². The molecule has 0 heterocycles. The van der Waals surface area contributed by atoms with Crippen molar-refractivity contribution in [2.24, 2.45) is 5.92 Å². The van der Waals surface area contributed by atoms with Gasteiger partial charge in [0.2, 0.25) is 5.91 Å². The van der Waals surface area contributed by atoms with E-state index in [2.05, 4.69) is 5.32 Å². The molecule has 1 unspecified atom stereocenters. The van der Waals surface area contributed by atoms with E-state index in [4.69, 9.17) is 21.6 Å². The van der Waals surface area contributed by atoms with Crippen molar-refractivity contribution in [2.45, 2.75) is 20.3 Å². The fourth-order valence-electron chi connectivity index (χ4n) is 1.50. The first-order valence-electron chi connectivity index (χ1n) is 5.58. The van der Waals surface area contributed by atoms with Crippen LogP contribution in [0.1, 0.15) is 18.9 Å². The van der Waals surface area contributed by atoms with Crippen molar-refractivity contribution >= 4 is 23.2 Å². The van der Waals surface area contributed by atoms with Gasteiger partial charge in [-0.3, -0.25) is 4.79 Å². The number of ether oxygens (including phenoxy) is 1. The van der Waals surface area contributed by atoms with Gasteiger partial charge < -0.3 is 10.1 Å². The number of hydrogen-bond acceptors (Lipinski definition) is 3. The van der Waals surface area contributed by atoms with E-state index in [1.165, 1.54) is 7.11 Å². The first kappa shape index (κ1) is 14.3. The highest BCUT2D eigenvalue weighted by molar-refractivity contribution is 6.32. The Morgan fingerprint density at radius 3 is 2.78 bits per heavy atom. The zero-order valence-corrected chi connectivity index (χ0v) is 11.3. The van der Waals surface area contributed by atoms with Crippen LogP contribution >= 0.6 is 11.6 Å². The molecule has 0 aromatic heterocycles. The SMILES string of the molecule is CCC(C#N)C(=O)Nc1cc(Cl)c(OC)cc1C. The van der Waals surface area contributed by atoms with Crippen molar-refractivity contribution in [1.82, 2.24) is 0 Å². The van der Waals surface area contributed by atoms with Gasteiger partial charge in [0.25, 0.3) is 0 Å². The average molecular weight is 267 g/mol. The second-order valence-corrected chi connectivity index (χ2v) is 4.29. The largest absolute Gasteiger partial charge is 0.495 e. The number of benzene rings is 1. The van der Waals surface area contributed by atoms with Gasteiger partial charge in [0.1, 0.15) is 11.7 Å². The third-order valence-corrected chi connectivity index (χ3v) is 2.93. The number of halogens is 1. The smallest absolute Gasteiger partial charge is 0.241 e. The third kappa shape index (κ3) is 3.14. The predicted octanol–water partition coefficient (Wildman–Crippen LogP) is 3.15. The van der Waals surface area contributed by atoms with Gasteiger partial charge >= 0.3 is 0 Å². The Morgan fingerprint density at radius 2 is 2.28 bits per heavy atom. The highest BCUT2D eigenvalue weighted by Gasteiger charge is 2.17. The predicted molar refractivity (Wildman–Crippen MR) is 70.8 cm³/mol. The number of aryl methyl sites for hydroxylation is 1. The van der Waals surface area contributed by atoms with E-state index in [1.807, 2.05) is 13.0 Å². The first-order valence-corrected chi connectivity index (χ1v) is 5.95. The fraction of sp³-hybridized carbons (Fsp3) is 0.385. The Labute approximate surface area is 112 Å². The Balaban J connectivity index is 2.96. The monoisotopic (exact) mass is 266 g/mol. The highest BCUT2D eigenvalue weighted by Crippen LogP contribution is 2.30. The molecule has 4 nitrogen and oxygen atoms in total. The van der Waals surface area contributed by atoms with Crippen LogP contribution in [0.4, 0.5) is 5.69 Å². The molecule has 0 fully saturated rings. The minimum absolute atomic E-state index is 0.315. The van der Waals surface area contributed by atoms with Crippen molar-refractivity contribution in [1.29, 1.82) is 5.26 Å². The minimum atomic E-state index is -0.648. The second kappa shape index (κ2) is 6.27. The first-order chi connectivity index (χ1) is 8.53. The number of amides is 1. The van der Waals surface area contributed by atoms with Crippen molar-refractivity contribution in [3.05, 3.63) is 22.7 Å². The summed E-state index contributed by atoms with van der Waals surface area (Å²) >= 11 is 5.99. The molecule has 1 amide bonds. The lowest BCUT2D eigenvalue weighted by molar-refractivity contribution is -0.118. The van der Waals surface area contributed by atoms with Gasteiger partial charge in [-0.1, -0.05) is 18.5 Å². The molecular formula is C13H15ClN2O2. The summed E-state index contributed by atoms with van der Waals surface area (Å²) in [6.07, 6.45) is 0.477. The second-order valence-electron chi connectivity index (χ2n) is 3.88. The number of carbonyl (C=O) groups excluding carboxylic acids is 1. The molecule has 0 bridgehead atoms. The van der Waals surface area contributed by atoms with Crippen molar-refractivity contribution in [2.75, 3.05) is 12.4 Å². The van der Waals surface area contributed by atoms with E-state index in [9.17, 15) is 4.79 Å². The molecular weight excluding hydrogens is 252 g/mol. The molecule has 0 saturated carbocycles. The van der Waals surface area contributed by atoms with E-state index in [1.54, 1.807) is 19.1 Å². The van der Waals surface area contributed by atoms with Crippen LogP contribution in [-0.4, -0.2) is 13.0 Å². The standard InChI is InChI=1S/C13H15ClN2O2/c1-4-9(7-15)13(17)16-11-6-10(14)12(18-3)5-8(11)2/h5-6,9H,4H2,1-3H3,(H,16,17). The molecule has 1 aromatic carbocycles. The van der Waals surface area contributed by atoms with Gasteiger partial charge in [-0.05, 0) is 31.0 Å². The molecule has 0 radical (unpaired) electrons. The van der Waals surface area contributed by atoms with Crippen LogP contribution in [0, 0.1) is 24.2 Å². The zero-order chi connectivity index (χ0) is 13.7. The number of carbonyl (C=O) groups is 1. The van der Waals surface area contributed by atoms with Crippen LogP contribution in [0.2, 0.25) is 5.02 Å². The van der Waals surface area contributed by atoms with Gasteiger partial charge in [-0.25, -0.2) is 0 Å². The summed E-state index contributed by atoms with van der Waals surface area (Å²) in [6.45, 7) is 3.63. The molecule has 1 atom stereocenters. The molecule has 0 spiro atoms. The molecule has 0 aliphatic carbocycles. The molecule has 0 aliphatic heterocycles. The lowest BCUT2D eigenvalue weighted by Gasteiger charge is -2.13. The van der Waals surface area contributed by atoms with Gasteiger partial charge in [-0.2, -0.15) is 5.26 Å². The number of nitriles is 1. The summed E-state index contributed by atoms with van der Waals surface area (Å²) < 4.78 is 5.08. The van der Waals surface area contributed by atoms with E-state index in [-0.39, 0.29) is 5.91 Å². The van der Waals surface area contributed by atoms with Crippen LogP contribution in [-0.2, 0) is 4.79 Å². The molecule has 5 heteroatoms. The molecule has 18 heavy (non-hydrogen) atoms. The van der Waals surface area contributed by atoms with Crippen LogP contribution in [0.25, 0.3) is 0 Å². The topological polar surface area (TPSA) is 62.1 Å². The maximum absolute atomic E-state index is 11.8. The Hall–Kier alpha value is -1.73. The van der Waals surface area contributed by atoms with E-state index < -0.39 is 5.92 Å². The van der Waals surface area contributed by atoms with Crippen molar-refractivity contribution in [3.63, 3.8) is 0 Å². The number of methoxy groups -OCH3 is 1. The number of anilines is 1. The summed E-state index contributed by atoms with van der Waals surface area (Å²) in [5.41, 5.74) is 1.43. The summed E-state index contributed by atoms with van der Waals surface area (Å²) in [5, 5.41) is 11.9. The van der Waals surface area contributed by atoms with Crippen molar-refractivity contribution in [3.8, 4) is 11.8 Å². The summed E-state index contributed by atoms with van der Waals surface area (Å²) in [5.74, 6) is -0.408. The molecule has 1 aromatic rings. The van der Waals surface area contributed by atoms with Gasteiger partial charge in [-0.15, -0.1) is 0 Å². The molecule has 1 rings (SSSR count). The van der Waals surface area contributed by atoms with Crippen LogP contribution in [0.5, 0.6) is 5.75 Å². The van der Waals surface area contributed by atoms with Crippen LogP contribution < -0.4 is 10.1 Å². The van der Waals surface area contributed by atoms with E-state index in [0.29, 0.717) is 22.9 Å². The van der Waals surface area contributed by atoms with Gasteiger partial charge in [0, 0.05) is 5.69 Å².